The molecule has 1 aromatic rings. The molecule has 0 saturated heterocycles. The Labute approximate surface area is 137 Å². The summed E-state index contributed by atoms with van der Waals surface area (Å²) in [5.41, 5.74) is 1.38. The number of anilines is 1. The van der Waals surface area contributed by atoms with E-state index in [1.807, 2.05) is 13.1 Å². The highest BCUT2D eigenvalue weighted by atomic mass is 35.5. The third-order valence-corrected chi connectivity index (χ3v) is 4.19. The second-order valence-electron chi connectivity index (χ2n) is 5.35. The highest BCUT2D eigenvalue weighted by Gasteiger charge is 2.23. The van der Waals surface area contributed by atoms with E-state index in [1.165, 1.54) is 0 Å². The van der Waals surface area contributed by atoms with Gasteiger partial charge in [-0.25, -0.2) is 0 Å². The number of fused-ring (bicyclic) bond motifs is 1. The number of hydrogen-bond donors (Lipinski definition) is 1. The number of nitrogens with zero attached hydrogens (tertiary/aromatic N) is 2. The van der Waals surface area contributed by atoms with Crippen LogP contribution in [0.3, 0.4) is 0 Å². The lowest BCUT2D eigenvalue weighted by atomic mass is 10.1. The molecule has 6 heteroatoms. The van der Waals surface area contributed by atoms with Crippen molar-refractivity contribution in [3.63, 3.8) is 0 Å². The van der Waals surface area contributed by atoms with E-state index in [4.69, 9.17) is 16.3 Å². The molecular formula is C16H24ClN3O2. The first-order valence-electron chi connectivity index (χ1n) is 7.74. The van der Waals surface area contributed by atoms with Gasteiger partial charge in [-0.1, -0.05) is 25.4 Å². The molecule has 1 amide bonds. The molecule has 0 fully saturated rings. The highest BCUT2D eigenvalue weighted by Crippen LogP contribution is 2.37. The lowest BCUT2D eigenvalue weighted by molar-refractivity contribution is 0.0944. The van der Waals surface area contributed by atoms with Crippen LogP contribution in [-0.2, 0) is 0 Å². The van der Waals surface area contributed by atoms with E-state index in [9.17, 15) is 4.79 Å². The molecule has 122 valence electrons. The summed E-state index contributed by atoms with van der Waals surface area (Å²) in [7, 11) is 1.97. The average Bonchev–Trinajstić information content (AvgIpc) is 2.51. The Morgan fingerprint density at radius 1 is 1.41 bits per heavy atom. The molecule has 1 heterocycles. The zero-order chi connectivity index (χ0) is 16.1. The molecule has 1 aliphatic rings. The smallest absolute Gasteiger partial charge is 0.255 e. The van der Waals surface area contributed by atoms with E-state index in [1.54, 1.807) is 6.07 Å². The topological polar surface area (TPSA) is 44.8 Å². The van der Waals surface area contributed by atoms with Crippen LogP contribution in [0.25, 0.3) is 0 Å². The summed E-state index contributed by atoms with van der Waals surface area (Å²) < 4.78 is 5.70. The van der Waals surface area contributed by atoms with Gasteiger partial charge in [0, 0.05) is 25.2 Å². The summed E-state index contributed by atoms with van der Waals surface area (Å²) in [4.78, 5) is 16.8. The first-order chi connectivity index (χ1) is 10.6. The zero-order valence-corrected chi connectivity index (χ0v) is 14.2. The first-order valence-corrected chi connectivity index (χ1v) is 8.12. The Morgan fingerprint density at radius 3 is 2.82 bits per heavy atom. The van der Waals surface area contributed by atoms with E-state index in [2.05, 4.69) is 29.0 Å². The van der Waals surface area contributed by atoms with Crippen molar-refractivity contribution in [3.05, 3.63) is 22.7 Å². The molecule has 0 atom stereocenters. The Kier molecular flexibility index (Phi) is 5.91. The number of ether oxygens (including phenoxy) is 1. The molecule has 1 aromatic carbocycles. The second-order valence-corrected chi connectivity index (χ2v) is 5.79. The van der Waals surface area contributed by atoms with Crippen molar-refractivity contribution in [1.29, 1.82) is 0 Å². The van der Waals surface area contributed by atoms with Crippen LogP contribution < -0.4 is 15.0 Å². The van der Waals surface area contributed by atoms with Crippen molar-refractivity contribution in [2.45, 2.75) is 13.8 Å². The molecule has 0 spiro atoms. The number of benzene rings is 1. The van der Waals surface area contributed by atoms with Crippen molar-refractivity contribution in [2.75, 3.05) is 51.3 Å². The quantitative estimate of drug-likeness (QED) is 0.871. The molecule has 0 radical (unpaired) electrons. The molecule has 0 aliphatic carbocycles. The van der Waals surface area contributed by atoms with Gasteiger partial charge >= 0.3 is 0 Å². The predicted molar refractivity (Wildman–Crippen MR) is 90.3 cm³/mol. The summed E-state index contributed by atoms with van der Waals surface area (Å²) >= 11 is 6.15. The van der Waals surface area contributed by atoms with Crippen LogP contribution in [0.5, 0.6) is 5.75 Å². The molecule has 0 unspecified atom stereocenters. The summed E-state index contributed by atoms with van der Waals surface area (Å²) in [5.74, 6) is 0.486. The SMILES string of the molecule is CCN(CC)CCNC(=O)c1cc(Cl)cc2c1OCCN2C. The van der Waals surface area contributed by atoms with Crippen molar-refractivity contribution in [3.8, 4) is 5.75 Å². The highest BCUT2D eigenvalue weighted by molar-refractivity contribution is 6.31. The van der Waals surface area contributed by atoms with Crippen LogP contribution in [0.4, 0.5) is 5.69 Å². The third kappa shape index (κ3) is 3.84. The lowest BCUT2D eigenvalue weighted by Crippen LogP contribution is -2.36. The largest absolute Gasteiger partial charge is 0.489 e. The van der Waals surface area contributed by atoms with Gasteiger partial charge in [-0.3, -0.25) is 4.79 Å². The van der Waals surface area contributed by atoms with Crippen molar-refractivity contribution in [2.24, 2.45) is 0 Å². The minimum absolute atomic E-state index is 0.138. The minimum Gasteiger partial charge on any atom is -0.489 e. The number of nitrogens with one attached hydrogen (secondary N) is 1. The lowest BCUT2D eigenvalue weighted by Gasteiger charge is -2.29. The van der Waals surface area contributed by atoms with Gasteiger partial charge in [0.25, 0.3) is 5.91 Å². The maximum atomic E-state index is 12.4. The monoisotopic (exact) mass is 325 g/mol. The second kappa shape index (κ2) is 7.70. The number of rotatable bonds is 6. The molecular weight excluding hydrogens is 302 g/mol. The Bertz CT molecular complexity index is 532. The predicted octanol–water partition coefficient (Wildman–Crippen LogP) is 2.24. The van der Waals surface area contributed by atoms with Crippen LogP contribution in [0.2, 0.25) is 5.02 Å². The van der Waals surface area contributed by atoms with Gasteiger partial charge in [-0.15, -0.1) is 0 Å². The van der Waals surface area contributed by atoms with Gasteiger partial charge in [0.1, 0.15) is 6.61 Å². The van der Waals surface area contributed by atoms with Gasteiger partial charge in [0.15, 0.2) is 5.75 Å². The maximum Gasteiger partial charge on any atom is 0.255 e. The average molecular weight is 326 g/mol. The fraction of sp³-hybridized carbons (Fsp3) is 0.562. The number of carbonyl (C=O) groups excluding carboxylic acids is 1. The molecule has 1 N–H and O–H groups in total. The standard InChI is InChI=1S/C16H24ClN3O2/c1-4-20(5-2)7-6-18-16(21)13-10-12(17)11-14-15(13)22-9-8-19(14)3/h10-11H,4-9H2,1-3H3,(H,18,21). The van der Waals surface area contributed by atoms with Crippen LogP contribution >= 0.6 is 11.6 Å². The van der Waals surface area contributed by atoms with E-state index >= 15 is 0 Å². The van der Waals surface area contributed by atoms with Gasteiger partial charge in [-0.05, 0) is 25.2 Å². The minimum atomic E-state index is -0.138. The van der Waals surface area contributed by atoms with Crippen LogP contribution in [0, 0.1) is 0 Å². The van der Waals surface area contributed by atoms with Crippen molar-refractivity contribution >= 4 is 23.2 Å². The van der Waals surface area contributed by atoms with E-state index in [0.29, 0.717) is 29.5 Å². The summed E-state index contributed by atoms with van der Waals surface area (Å²) in [6, 6.07) is 3.51. The van der Waals surface area contributed by atoms with E-state index in [-0.39, 0.29) is 5.91 Å². The Hall–Kier alpha value is -1.46. The van der Waals surface area contributed by atoms with E-state index in [0.717, 1.165) is 31.9 Å². The normalized spacial score (nSPS) is 13.8. The molecule has 0 aromatic heterocycles. The number of halogens is 1. The maximum absolute atomic E-state index is 12.4. The Balaban J connectivity index is 2.10. The molecule has 22 heavy (non-hydrogen) atoms. The van der Waals surface area contributed by atoms with Crippen LogP contribution in [0.15, 0.2) is 12.1 Å². The molecule has 1 aliphatic heterocycles. The van der Waals surface area contributed by atoms with Gasteiger partial charge in [0.05, 0.1) is 17.8 Å². The molecule has 0 saturated carbocycles. The van der Waals surface area contributed by atoms with Crippen molar-refractivity contribution in [1.82, 2.24) is 10.2 Å². The number of amides is 1. The number of carbonyl (C=O) groups is 1. The van der Waals surface area contributed by atoms with Gasteiger partial charge in [-0.2, -0.15) is 0 Å². The van der Waals surface area contributed by atoms with Gasteiger partial charge in [0.2, 0.25) is 0 Å². The summed E-state index contributed by atoms with van der Waals surface area (Å²) in [5, 5.41) is 3.50. The van der Waals surface area contributed by atoms with E-state index < -0.39 is 0 Å². The molecule has 0 bridgehead atoms. The van der Waals surface area contributed by atoms with Crippen molar-refractivity contribution < 1.29 is 9.53 Å². The number of likely N-dealkylation sites (N-methyl/N-ethyl adjacent to an activating group) is 2. The van der Waals surface area contributed by atoms with Crippen LogP contribution in [0.1, 0.15) is 24.2 Å². The molecule has 5 nitrogen and oxygen atoms in total. The zero-order valence-electron chi connectivity index (χ0n) is 13.5. The summed E-state index contributed by atoms with van der Waals surface area (Å²) in [6.07, 6.45) is 0. The summed E-state index contributed by atoms with van der Waals surface area (Å²) in [6.45, 7) is 8.99. The number of hydrogen-bond acceptors (Lipinski definition) is 4. The third-order valence-electron chi connectivity index (χ3n) is 3.97. The Morgan fingerprint density at radius 2 is 2.14 bits per heavy atom. The van der Waals surface area contributed by atoms with Gasteiger partial charge < -0.3 is 19.9 Å². The first kappa shape index (κ1) is 16.9. The molecule has 2 rings (SSSR count). The van der Waals surface area contributed by atoms with Crippen LogP contribution in [-0.4, -0.2) is 57.2 Å². The fourth-order valence-electron chi connectivity index (χ4n) is 2.55. The fourth-order valence-corrected chi connectivity index (χ4v) is 2.76.